The van der Waals surface area contributed by atoms with Crippen LogP contribution in [-0.4, -0.2) is 12.4 Å². The molecule has 0 aliphatic rings. The molecule has 2 aromatic rings. The molecule has 0 bridgehead atoms. The van der Waals surface area contributed by atoms with E-state index in [0.717, 1.165) is 9.54 Å². The van der Waals surface area contributed by atoms with Crippen molar-refractivity contribution >= 4 is 10.0 Å². The average molecular weight is 263 g/mol. The molecule has 1 heterocycles. The lowest BCUT2D eigenvalue weighted by molar-refractivity contribution is 0.546. The molecule has 0 atom stereocenters. The molecular weight excluding hydrogens is 250 g/mol. The van der Waals surface area contributed by atoms with Crippen molar-refractivity contribution in [2.75, 3.05) is 0 Å². The van der Waals surface area contributed by atoms with Crippen molar-refractivity contribution in [3.05, 3.63) is 66.9 Å². The first-order valence-corrected chi connectivity index (χ1v) is 6.80. The Labute approximate surface area is 106 Å². The molecule has 0 radical (unpaired) electrons. The van der Waals surface area contributed by atoms with E-state index in [1.807, 2.05) is 6.92 Å². The predicted molar refractivity (Wildman–Crippen MR) is 68.1 cm³/mol. The maximum atomic E-state index is 12.3. The Morgan fingerprint density at radius 3 is 2.44 bits per heavy atom. The molecule has 4 nitrogen and oxygen atoms in total. The maximum Gasteiger partial charge on any atom is 0.267 e. The lowest BCUT2D eigenvalue weighted by Gasteiger charge is -2.06. The van der Waals surface area contributed by atoms with E-state index >= 15 is 0 Å². The van der Waals surface area contributed by atoms with Crippen LogP contribution in [0.5, 0.6) is 0 Å². The monoisotopic (exact) mass is 263 g/mol. The number of benzene rings is 1. The van der Waals surface area contributed by atoms with Gasteiger partial charge in [-0.1, -0.05) is 17.7 Å². The second-order valence-electron chi connectivity index (χ2n) is 3.74. The van der Waals surface area contributed by atoms with Crippen molar-refractivity contribution in [2.24, 2.45) is 0 Å². The van der Waals surface area contributed by atoms with Gasteiger partial charge in [-0.2, -0.15) is 0 Å². The summed E-state index contributed by atoms with van der Waals surface area (Å²) in [6.45, 7) is 1.91. The zero-order chi connectivity index (χ0) is 13.0. The summed E-state index contributed by atoms with van der Waals surface area (Å²) in [4.78, 5) is 0.243. The molecule has 0 aliphatic heterocycles. The normalized spacial score (nSPS) is 10.9. The number of rotatable bonds is 2. The summed E-state index contributed by atoms with van der Waals surface area (Å²) in [5.41, 5.74) is 1.01. The molecule has 94 valence electrons. The molecule has 0 amide bonds. The van der Waals surface area contributed by atoms with Gasteiger partial charge in [-0.3, -0.25) is 0 Å². The average Bonchev–Trinajstić information content (AvgIpc) is 2.28. The number of aryl methyl sites for hydroxylation is 1. The standard InChI is InChI=1S/C13H13NO3S/c1-12-4-6-13(7-5-12)18(15,16)14-8-2-3-10-17-11-9-14/h2-11H,1H3. The Morgan fingerprint density at radius 1 is 1.00 bits per heavy atom. The zero-order valence-corrected chi connectivity index (χ0v) is 10.7. The summed E-state index contributed by atoms with van der Waals surface area (Å²) in [7, 11) is -3.57. The topological polar surface area (TPSA) is 52.2 Å². The van der Waals surface area contributed by atoms with Gasteiger partial charge in [0.15, 0.2) is 0 Å². The van der Waals surface area contributed by atoms with Crippen LogP contribution in [0.4, 0.5) is 0 Å². The van der Waals surface area contributed by atoms with Gasteiger partial charge in [-0.05, 0) is 31.2 Å². The number of aromatic nitrogens is 1. The van der Waals surface area contributed by atoms with Crippen molar-refractivity contribution in [3.63, 3.8) is 0 Å². The number of hydrogen-bond acceptors (Lipinski definition) is 3. The summed E-state index contributed by atoms with van der Waals surface area (Å²) in [5.74, 6) is 0. The second kappa shape index (κ2) is 5.10. The van der Waals surface area contributed by atoms with Crippen molar-refractivity contribution in [3.8, 4) is 0 Å². The molecule has 0 fully saturated rings. The van der Waals surface area contributed by atoms with Gasteiger partial charge < -0.3 is 4.42 Å². The Morgan fingerprint density at radius 2 is 1.72 bits per heavy atom. The van der Waals surface area contributed by atoms with E-state index in [2.05, 4.69) is 0 Å². The molecule has 0 spiro atoms. The highest BCUT2D eigenvalue weighted by atomic mass is 32.2. The molecule has 0 saturated heterocycles. The van der Waals surface area contributed by atoms with E-state index in [1.54, 1.807) is 36.4 Å². The summed E-state index contributed by atoms with van der Waals surface area (Å²) in [6, 6.07) is 9.90. The van der Waals surface area contributed by atoms with Crippen LogP contribution in [0.1, 0.15) is 5.56 Å². The highest BCUT2D eigenvalue weighted by molar-refractivity contribution is 7.90. The number of nitrogens with zero attached hydrogens (tertiary/aromatic N) is 1. The van der Waals surface area contributed by atoms with Crippen LogP contribution < -0.4 is 0 Å². The number of hydrogen-bond donors (Lipinski definition) is 0. The van der Waals surface area contributed by atoms with Crippen molar-refractivity contribution in [2.45, 2.75) is 11.8 Å². The molecule has 1 aromatic heterocycles. The minimum atomic E-state index is -3.57. The van der Waals surface area contributed by atoms with Gasteiger partial charge in [0, 0.05) is 6.20 Å². The summed E-state index contributed by atoms with van der Waals surface area (Å²) in [5, 5.41) is 0. The van der Waals surface area contributed by atoms with Gasteiger partial charge in [-0.25, -0.2) is 12.4 Å². The molecule has 5 heteroatoms. The molecule has 0 N–H and O–H groups in total. The second-order valence-corrected chi connectivity index (χ2v) is 5.58. The van der Waals surface area contributed by atoms with Crippen molar-refractivity contribution in [1.29, 1.82) is 0 Å². The minimum Gasteiger partial charge on any atom is -0.471 e. The van der Waals surface area contributed by atoms with Crippen molar-refractivity contribution in [1.82, 2.24) is 3.97 Å². The Kier molecular flexibility index (Phi) is 3.53. The molecule has 0 unspecified atom stereocenters. The molecule has 2 rings (SSSR count). The van der Waals surface area contributed by atoms with Crippen molar-refractivity contribution < 1.29 is 12.8 Å². The van der Waals surface area contributed by atoms with E-state index in [0.29, 0.717) is 0 Å². The van der Waals surface area contributed by atoms with Gasteiger partial charge >= 0.3 is 0 Å². The maximum absolute atomic E-state index is 12.3. The fraction of sp³-hybridized carbons (Fsp3) is 0.0769. The summed E-state index contributed by atoms with van der Waals surface area (Å²) in [6.07, 6.45) is 5.59. The SMILES string of the molecule is Cc1ccc(S(=O)(=O)n2ccccocc2)cc1. The lowest BCUT2D eigenvalue weighted by atomic mass is 10.2. The summed E-state index contributed by atoms with van der Waals surface area (Å²) < 4.78 is 30.7. The Hall–Kier alpha value is -2.01. The van der Waals surface area contributed by atoms with Crippen LogP contribution in [0.3, 0.4) is 0 Å². The van der Waals surface area contributed by atoms with Gasteiger partial charge in [0.25, 0.3) is 10.0 Å². The summed E-state index contributed by atoms with van der Waals surface area (Å²) >= 11 is 0. The first-order valence-electron chi connectivity index (χ1n) is 5.36. The lowest BCUT2D eigenvalue weighted by Crippen LogP contribution is -2.11. The van der Waals surface area contributed by atoms with Gasteiger partial charge in [0.2, 0.25) is 0 Å². The Bertz CT molecular complexity index is 645. The van der Waals surface area contributed by atoms with E-state index in [4.69, 9.17) is 4.42 Å². The third kappa shape index (κ3) is 2.62. The van der Waals surface area contributed by atoms with Crippen LogP contribution in [-0.2, 0) is 10.0 Å². The molecular formula is C13H13NO3S. The van der Waals surface area contributed by atoms with Crippen LogP contribution in [0.15, 0.2) is 70.6 Å². The molecule has 0 saturated carbocycles. The molecule has 1 aromatic carbocycles. The van der Waals surface area contributed by atoms with Gasteiger partial charge in [0.1, 0.15) is 6.26 Å². The largest absolute Gasteiger partial charge is 0.471 e. The highest BCUT2D eigenvalue weighted by Gasteiger charge is 2.13. The van der Waals surface area contributed by atoms with E-state index in [9.17, 15) is 8.42 Å². The van der Waals surface area contributed by atoms with E-state index in [-0.39, 0.29) is 4.90 Å². The predicted octanol–water partition coefficient (Wildman–Crippen LogP) is 2.75. The molecule has 0 aliphatic carbocycles. The zero-order valence-electron chi connectivity index (χ0n) is 9.85. The van der Waals surface area contributed by atoms with E-state index in [1.165, 1.54) is 24.9 Å². The van der Waals surface area contributed by atoms with Crippen LogP contribution in [0.25, 0.3) is 0 Å². The quantitative estimate of drug-likeness (QED) is 0.837. The Balaban J connectivity index is 2.55. The van der Waals surface area contributed by atoms with Gasteiger partial charge in [-0.15, -0.1) is 0 Å². The van der Waals surface area contributed by atoms with Gasteiger partial charge in [0.05, 0.1) is 17.4 Å². The first kappa shape index (κ1) is 12.4. The van der Waals surface area contributed by atoms with E-state index < -0.39 is 10.0 Å². The highest BCUT2D eigenvalue weighted by Crippen LogP contribution is 2.13. The van der Waals surface area contributed by atoms with Crippen LogP contribution in [0.2, 0.25) is 0 Å². The third-order valence-corrected chi connectivity index (χ3v) is 4.05. The molecule has 18 heavy (non-hydrogen) atoms. The first-order chi connectivity index (χ1) is 8.60. The third-order valence-electron chi connectivity index (χ3n) is 2.38. The fourth-order valence-electron chi connectivity index (χ4n) is 1.41. The fourth-order valence-corrected chi connectivity index (χ4v) is 2.57. The van der Waals surface area contributed by atoms with Crippen LogP contribution >= 0.6 is 0 Å². The smallest absolute Gasteiger partial charge is 0.267 e. The minimum absolute atomic E-state index is 0.243. The van der Waals surface area contributed by atoms with Crippen LogP contribution in [0, 0.1) is 6.92 Å².